The number of hydrogen-bond donors (Lipinski definition) is 2. The van der Waals surface area contributed by atoms with Crippen LogP contribution in [0.5, 0.6) is 5.75 Å². The van der Waals surface area contributed by atoms with Crippen LogP contribution in [-0.2, 0) is 0 Å². The number of benzene rings is 2. The number of para-hydroxylation sites is 2. The highest BCUT2D eigenvalue weighted by Gasteiger charge is 2.11. The maximum atomic E-state index is 12.7. The molecule has 0 atom stereocenters. The van der Waals surface area contributed by atoms with E-state index >= 15 is 0 Å². The molecule has 3 aromatic rings. The molecule has 1 amide bonds. The molecule has 0 saturated heterocycles. The van der Waals surface area contributed by atoms with Gasteiger partial charge in [-0.05, 0) is 62.4 Å². The molecule has 5 nitrogen and oxygen atoms in total. The largest absolute Gasteiger partial charge is 0.489 e. The summed E-state index contributed by atoms with van der Waals surface area (Å²) in [6, 6.07) is 18.0. The molecule has 0 bridgehead atoms. The van der Waals surface area contributed by atoms with Crippen LogP contribution in [0, 0.1) is 0 Å². The Morgan fingerprint density at radius 3 is 2.56 bits per heavy atom. The van der Waals surface area contributed by atoms with Crippen molar-refractivity contribution in [3.8, 4) is 5.75 Å². The van der Waals surface area contributed by atoms with E-state index in [1.165, 1.54) is 0 Å². The lowest BCUT2D eigenvalue weighted by atomic mass is 10.2. The summed E-state index contributed by atoms with van der Waals surface area (Å²) in [7, 11) is 0. The third-order valence-electron chi connectivity index (χ3n) is 3.64. The van der Waals surface area contributed by atoms with Crippen molar-refractivity contribution < 1.29 is 9.53 Å². The number of carbonyl (C=O) groups excluding carboxylic acids is 1. The second-order valence-corrected chi connectivity index (χ2v) is 6.61. The van der Waals surface area contributed by atoms with Gasteiger partial charge in [-0.15, -0.1) is 0 Å². The van der Waals surface area contributed by atoms with Crippen LogP contribution in [0.4, 0.5) is 17.2 Å². The number of hydrogen-bond acceptors (Lipinski definition) is 4. The molecule has 0 aliphatic carbocycles. The van der Waals surface area contributed by atoms with E-state index in [2.05, 4.69) is 15.6 Å². The van der Waals surface area contributed by atoms with Crippen molar-refractivity contribution in [2.75, 3.05) is 10.6 Å². The minimum atomic E-state index is -0.239. The molecule has 0 spiro atoms. The Balaban J connectivity index is 1.75. The van der Waals surface area contributed by atoms with Gasteiger partial charge in [-0.25, -0.2) is 4.98 Å². The predicted octanol–water partition coefficient (Wildman–Crippen LogP) is 5.52. The highest BCUT2D eigenvalue weighted by molar-refractivity contribution is 6.30. The Kier molecular flexibility index (Phi) is 5.94. The van der Waals surface area contributed by atoms with Gasteiger partial charge in [0.2, 0.25) is 0 Å². The van der Waals surface area contributed by atoms with Crippen molar-refractivity contribution in [1.29, 1.82) is 0 Å². The SMILES string of the molecule is CC(C)Oc1ccccc1NC(=O)c1ccnc(Nc2ccc(Cl)cc2)c1. The molecule has 1 heterocycles. The highest BCUT2D eigenvalue weighted by Crippen LogP contribution is 2.26. The molecular weight excluding hydrogens is 362 g/mol. The smallest absolute Gasteiger partial charge is 0.255 e. The fourth-order valence-electron chi connectivity index (χ4n) is 2.44. The summed E-state index contributed by atoms with van der Waals surface area (Å²) in [5.74, 6) is 0.961. The minimum absolute atomic E-state index is 0.0131. The van der Waals surface area contributed by atoms with Crippen molar-refractivity contribution in [1.82, 2.24) is 4.98 Å². The normalized spacial score (nSPS) is 10.5. The predicted molar refractivity (Wildman–Crippen MR) is 109 cm³/mol. The van der Waals surface area contributed by atoms with E-state index in [0.717, 1.165) is 5.69 Å². The van der Waals surface area contributed by atoms with Crippen molar-refractivity contribution in [2.24, 2.45) is 0 Å². The first-order chi connectivity index (χ1) is 13.0. The topological polar surface area (TPSA) is 63.2 Å². The first kappa shape index (κ1) is 18.7. The van der Waals surface area contributed by atoms with Gasteiger partial charge >= 0.3 is 0 Å². The monoisotopic (exact) mass is 381 g/mol. The lowest BCUT2D eigenvalue weighted by molar-refractivity contribution is 0.102. The quantitative estimate of drug-likeness (QED) is 0.590. The van der Waals surface area contributed by atoms with E-state index < -0.39 is 0 Å². The maximum Gasteiger partial charge on any atom is 0.255 e. The van der Waals surface area contributed by atoms with Crippen LogP contribution in [0.15, 0.2) is 66.9 Å². The van der Waals surface area contributed by atoms with Crippen LogP contribution in [0.25, 0.3) is 0 Å². The molecule has 27 heavy (non-hydrogen) atoms. The van der Waals surface area contributed by atoms with Gasteiger partial charge in [0.1, 0.15) is 11.6 Å². The number of anilines is 3. The molecule has 1 aromatic heterocycles. The number of ether oxygens (including phenoxy) is 1. The van der Waals surface area contributed by atoms with Crippen LogP contribution in [0.3, 0.4) is 0 Å². The Labute approximate surface area is 163 Å². The Bertz CT molecular complexity index is 927. The lowest BCUT2D eigenvalue weighted by Crippen LogP contribution is -2.14. The van der Waals surface area contributed by atoms with Crippen LogP contribution in [-0.4, -0.2) is 17.0 Å². The van der Waals surface area contributed by atoms with Crippen LogP contribution < -0.4 is 15.4 Å². The Morgan fingerprint density at radius 2 is 1.81 bits per heavy atom. The molecule has 0 aliphatic heterocycles. The van der Waals surface area contributed by atoms with Crippen LogP contribution in [0.1, 0.15) is 24.2 Å². The molecular formula is C21H20ClN3O2. The van der Waals surface area contributed by atoms with Gasteiger partial charge in [-0.1, -0.05) is 23.7 Å². The average Bonchev–Trinajstić information content (AvgIpc) is 2.65. The zero-order valence-electron chi connectivity index (χ0n) is 15.1. The third kappa shape index (κ3) is 5.21. The number of nitrogens with zero attached hydrogens (tertiary/aromatic N) is 1. The number of aromatic nitrogens is 1. The molecule has 3 rings (SSSR count). The summed E-state index contributed by atoms with van der Waals surface area (Å²) in [4.78, 5) is 16.9. The van der Waals surface area contributed by atoms with Gasteiger partial charge in [0.05, 0.1) is 11.8 Å². The van der Waals surface area contributed by atoms with Crippen molar-refractivity contribution >= 4 is 34.7 Å². The number of amides is 1. The Hall–Kier alpha value is -3.05. The molecule has 2 N–H and O–H groups in total. The molecule has 2 aromatic carbocycles. The zero-order valence-corrected chi connectivity index (χ0v) is 15.8. The van der Waals surface area contributed by atoms with Crippen molar-refractivity contribution in [2.45, 2.75) is 20.0 Å². The summed E-state index contributed by atoms with van der Waals surface area (Å²) in [6.45, 7) is 3.88. The fourth-order valence-corrected chi connectivity index (χ4v) is 2.57. The summed E-state index contributed by atoms with van der Waals surface area (Å²) in [6.07, 6.45) is 1.60. The lowest BCUT2D eigenvalue weighted by Gasteiger charge is -2.15. The van der Waals surface area contributed by atoms with E-state index in [0.29, 0.717) is 27.8 Å². The minimum Gasteiger partial charge on any atom is -0.489 e. The van der Waals surface area contributed by atoms with E-state index in [1.807, 2.05) is 50.2 Å². The van der Waals surface area contributed by atoms with Gasteiger partial charge in [0.15, 0.2) is 0 Å². The van der Waals surface area contributed by atoms with Crippen LogP contribution in [0.2, 0.25) is 5.02 Å². The van der Waals surface area contributed by atoms with Gasteiger partial charge in [0, 0.05) is 22.5 Å². The molecule has 138 valence electrons. The van der Waals surface area contributed by atoms with Gasteiger partial charge in [-0.3, -0.25) is 4.79 Å². The molecule has 6 heteroatoms. The maximum absolute atomic E-state index is 12.7. The standard InChI is InChI=1S/C21H20ClN3O2/c1-14(2)27-19-6-4-3-5-18(19)25-21(26)15-11-12-23-20(13-15)24-17-9-7-16(22)8-10-17/h3-14H,1-2H3,(H,23,24)(H,25,26). The van der Waals surface area contributed by atoms with E-state index in [-0.39, 0.29) is 12.0 Å². The third-order valence-corrected chi connectivity index (χ3v) is 3.89. The Morgan fingerprint density at radius 1 is 1.07 bits per heavy atom. The van der Waals surface area contributed by atoms with Crippen molar-refractivity contribution in [3.05, 3.63) is 77.4 Å². The highest BCUT2D eigenvalue weighted by atomic mass is 35.5. The molecule has 0 radical (unpaired) electrons. The van der Waals surface area contributed by atoms with Gasteiger partial charge in [0.25, 0.3) is 5.91 Å². The van der Waals surface area contributed by atoms with Crippen LogP contribution >= 0.6 is 11.6 Å². The number of pyridine rings is 1. The molecule has 0 aliphatic rings. The molecule has 0 unspecified atom stereocenters. The summed E-state index contributed by atoms with van der Waals surface area (Å²) < 4.78 is 5.74. The molecule has 0 fully saturated rings. The second-order valence-electron chi connectivity index (χ2n) is 6.18. The first-order valence-electron chi connectivity index (χ1n) is 8.57. The summed E-state index contributed by atoms with van der Waals surface area (Å²) in [5, 5.41) is 6.70. The average molecular weight is 382 g/mol. The zero-order chi connectivity index (χ0) is 19.2. The van der Waals surface area contributed by atoms with Gasteiger partial charge in [-0.2, -0.15) is 0 Å². The van der Waals surface area contributed by atoms with E-state index in [4.69, 9.17) is 16.3 Å². The first-order valence-corrected chi connectivity index (χ1v) is 8.95. The summed E-state index contributed by atoms with van der Waals surface area (Å²) in [5.41, 5.74) is 1.95. The van der Waals surface area contributed by atoms with E-state index in [1.54, 1.807) is 30.5 Å². The van der Waals surface area contributed by atoms with Crippen molar-refractivity contribution in [3.63, 3.8) is 0 Å². The fraction of sp³-hybridized carbons (Fsp3) is 0.143. The number of rotatable bonds is 6. The van der Waals surface area contributed by atoms with Gasteiger partial charge < -0.3 is 15.4 Å². The summed E-state index contributed by atoms with van der Waals surface area (Å²) >= 11 is 5.90. The van der Waals surface area contributed by atoms with E-state index in [9.17, 15) is 4.79 Å². The molecule has 0 saturated carbocycles. The second kappa shape index (κ2) is 8.56. The number of carbonyl (C=O) groups is 1. The number of halogens is 1. The number of nitrogens with one attached hydrogen (secondary N) is 2.